The molecule has 0 aliphatic heterocycles. The number of nitrogens with zero attached hydrogens (tertiary/aromatic N) is 3. The zero-order chi connectivity index (χ0) is 17.5. The highest BCUT2D eigenvalue weighted by molar-refractivity contribution is 5.94. The van der Waals surface area contributed by atoms with Gasteiger partial charge in [0.2, 0.25) is 0 Å². The highest BCUT2D eigenvalue weighted by atomic mass is 16.2. The lowest BCUT2D eigenvalue weighted by Gasteiger charge is -2.19. The zero-order valence-corrected chi connectivity index (χ0v) is 13.8. The van der Waals surface area contributed by atoms with Gasteiger partial charge in [-0.05, 0) is 42.0 Å². The Kier molecular flexibility index (Phi) is 5.16. The van der Waals surface area contributed by atoms with Gasteiger partial charge in [-0.25, -0.2) is 5.43 Å². The summed E-state index contributed by atoms with van der Waals surface area (Å²) in [6.45, 7) is 0. The summed E-state index contributed by atoms with van der Waals surface area (Å²) in [7, 11) is 2.02. The van der Waals surface area contributed by atoms with Gasteiger partial charge in [0.15, 0.2) is 0 Å². The van der Waals surface area contributed by atoms with Crippen molar-refractivity contribution in [3.63, 3.8) is 0 Å². The largest absolute Gasteiger partial charge is 0.345 e. The first-order chi connectivity index (χ1) is 12.2. The monoisotopic (exact) mass is 330 g/mol. The van der Waals surface area contributed by atoms with Crippen molar-refractivity contribution < 1.29 is 4.79 Å². The number of hydrazone groups is 1. The number of carbonyl (C=O) groups excluding carboxylic acids is 1. The molecular formula is C20H18N4O. The molecule has 124 valence electrons. The van der Waals surface area contributed by atoms with Gasteiger partial charge in [-0.3, -0.25) is 9.78 Å². The Hall–Kier alpha value is -3.47. The van der Waals surface area contributed by atoms with Crippen LogP contribution < -0.4 is 10.3 Å². The van der Waals surface area contributed by atoms with Crippen LogP contribution in [0, 0.1) is 0 Å². The van der Waals surface area contributed by atoms with Gasteiger partial charge in [0, 0.05) is 30.8 Å². The molecule has 0 saturated carbocycles. The van der Waals surface area contributed by atoms with Crippen molar-refractivity contribution in [3.8, 4) is 0 Å². The van der Waals surface area contributed by atoms with Crippen LogP contribution in [-0.4, -0.2) is 24.2 Å². The minimum atomic E-state index is -0.287. The molecule has 1 aromatic heterocycles. The van der Waals surface area contributed by atoms with E-state index >= 15 is 0 Å². The highest BCUT2D eigenvalue weighted by Crippen LogP contribution is 2.22. The Balaban J connectivity index is 1.62. The second kappa shape index (κ2) is 7.88. The fourth-order valence-electron chi connectivity index (χ4n) is 2.31. The number of anilines is 2. The Bertz CT molecular complexity index is 846. The Morgan fingerprint density at radius 1 is 1.00 bits per heavy atom. The maximum atomic E-state index is 11.9. The molecule has 3 aromatic rings. The predicted octanol–water partition coefficient (Wildman–Crippen LogP) is 3.61. The first-order valence-corrected chi connectivity index (χ1v) is 7.86. The second-order valence-electron chi connectivity index (χ2n) is 5.43. The summed E-state index contributed by atoms with van der Waals surface area (Å²) in [4.78, 5) is 17.9. The van der Waals surface area contributed by atoms with Gasteiger partial charge >= 0.3 is 0 Å². The number of para-hydroxylation sites is 1. The Morgan fingerprint density at radius 2 is 1.72 bits per heavy atom. The molecule has 0 spiro atoms. The summed E-state index contributed by atoms with van der Waals surface area (Å²) in [5, 5.41) is 3.98. The fraction of sp³-hybridized carbons (Fsp3) is 0.0500. The summed E-state index contributed by atoms with van der Waals surface area (Å²) < 4.78 is 0. The molecule has 0 atom stereocenters. The van der Waals surface area contributed by atoms with E-state index < -0.39 is 0 Å². The van der Waals surface area contributed by atoms with E-state index in [9.17, 15) is 4.79 Å². The van der Waals surface area contributed by atoms with Gasteiger partial charge in [0.25, 0.3) is 5.91 Å². The molecule has 0 bridgehead atoms. The number of hydrogen-bond donors (Lipinski definition) is 1. The first kappa shape index (κ1) is 16.4. The van der Waals surface area contributed by atoms with Crippen molar-refractivity contribution in [2.75, 3.05) is 11.9 Å². The van der Waals surface area contributed by atoms with E-state index in [2.05, 4.69) is 32.5 Å². The molecule has 1 heterocycles. The molecule has 0 saturated heterocycles. The van der Waals surface area contributed by atoms with Crippen molar-refractivity contribution in [2.45, 2.75) is 0 Å². The summed E-state index contributed by atoms with van der Waals surface area (Å²) in [5.74, 6) is -0.287. The van der Waals surface area contributed by atoms with Crippen molar-refractivity contribution in [3.05, 3.63) is 90.3 Å². The van der Waals surface area contributed by atoms with Crippen molar-refractivity contribution in [1.29, 1.82) is 0 Å². The van der Waals surface area contributed by atoms with E-state index in [1.165, 1.54) is 6.20 Å². The van der Waals surface area contributed by atoms with E-state index in [1.54, 1.807) is 24.5 Å². The predicted molar refractivity (Wildman–Crippen MR) is 100 cm³/mol. The standard InChI is InChI=1S/C20H18N4O/c1-24(18-7-3-2-4-8-18)19-11-9-16(10-12-19)14-22-23-20(25)17-6-5-13-21-15-17/h2-15H,1H3,(H,23,25)/b22-14-. The molecule has 0 radical (unpaired) electrons. The third kappa shape index (κ3) is 4.29. The van der Waals surface area contributed by atoms with E-state index in [1.807, 2.05) is 49.5 Å². The lowest BCUT2D eigenvalue weighted by atomic mass is 10.2. The van der Waals surface area contributed by atoms with Gasteiger partial charge in [-0.15, -0.1) is 0 Å². The van der Waals surface area contributed by atoms with Gasteiger partial charge in [0.1, 0.15) is 0 Å². The summed E-state index contributed by atoms with van der Waals surface area (Å²) in [5.41, 5.74) is 6.05. The van der Waals surface area contributed by atoms with Gasteiger partial charge in [-0.2, -0.15) is 5.10 Å². The molecule has 5 heteroatoms. The third-order valence-electron chi connectivity index (χ3n) is 3.73. The SMILES string of the molecule is CN(c1ccccc1)c1ccc(/C=N\NC(=O)c2cccnc2)cc1. The minimum Gasteiger partial charge on any atom is -0.345 e. The molecule has 25 heavy (non-hydrogen) atoms. The lowest BCUT2D eigenvalue weighted by molar-refractivity contribution is 0.0955. The first-order valence-electron chi connectivity index (χ1n) is 7.86. The molecule has 0 aliphatic rings. The zero-order valence-electron chi connectivity index (χ0n) is 13.8. The van der Waals surface area contributed by atoms with Crippen LogP contribution >= 0.6 is 0 Å². The fourth-order valence-corrected chi connectivity index (χ4v) is 2.31. The quantitative estimate of drug-likeness (QED) is 0.574. The van der Waals surface area contributed by atoms with E-state index in [0.29, 0.717) is 5.56 Å². The topological polar surface area (TPSA) is 57.6 Å². The molecule has 0 unspecified atom stereocenters. The number of hydrogen-bond acceptors (Lipinski definition) is 4. The lowest BCUT2D eigenvalue weighted by Crippen LogP contribution is -2.17. The van der Waals surface area contributed by atoms with Crippen LogP contribution in [0.1, 0.15) is 15.9 Å². The number of carbonyl (C=O) groups is 1. The molecule has 5 nitrogen and oxygen atoms in total. The van der Waals surface area contributed by atoms with Gasteiger partial charge in [-0.1, -0.05) is 30.3 Å². The van der Waals surface area contributed by atoms with Crippen molar-refractivity contribution >= 4 is 23.5 Å². The van der Waals surface area contributed by atoms with Crippen LogP contribution in [0.4, 0.5) is 11.4 Å². The van der Waals surface area contributed by atoms with E-state index in [-0.39, 0.29) is 5.91 Å². The maximum Gasteiger partial charge on any atom is 0.272 e. The van der Waals surface area contributed by atoms with Gasteiger partial charge < -0.3 is 4.90 Å². The van der Waals surface area contributed by atoms with E-state index in [4.69, 9.17) is 0 Å². The highest BCUT2D eigenvalue weighted by Gasteiger charge is 2.04. The van der Waals surface area contributed by atoms with Gasteiger partial charge in [0.05, 0.1) is 11.8 Å². The average molecular weight is 330 g/mol. The maximum absolute atomic E-state index is 11.9. The minimum absolute atomic E-state index is 0.287. The molecular weight excluding hydrogens is 312 g/mol. The van der Waals surface area contributed by atoms with Crippen LogP contribution in [0.15, 0.2) is 84.2 Å². The smallest absolute Gasteiger partial charge is 0.272 e. The van der Waals surface area contributed by atoms with Crippen LogP contribution in [0.5, 0.6) is 0 Å². The number of nitrogens with one attached hydrogen (secondary N) is 1. The molecule has 2 aromatic carbocycles. The van der Waals surface area contributed by atoms with Crippen LogP contribution in [0.25, 0.3) is 0 Å². The Morgan fingerprint density at radius 3 is 2.40 bits per heavy atom. The molecule has 1 amide bonds. The summed E-state index contributed by atoms with van der Waals surface area (Å²) in [6, 6.07) is 21.5. The molecule has 0 aliphatic carbocycles. The second-order valence-corrected chi connectivity index (χ2v) is 5.43. The number of pyridine rings is 1. The number of aromatic nitrogens is 1. The number of amides is 1. The van der Waals surface area contributed by atoms with Crippen LogP contribution in [0.2, 0.25) is 0 Å². The normalized spacial score (nSPS) is 10.6. The number of rotatable bonds is 5. The summed E-state index contributed by atoms with van der Waals surface area (Å²) >= 11 is 0. The van der Waals surface area contributed by atoms with Crippen LogP contribution in [-0.2, 0) is 0 Å². The number of benzene rings is 2. The summed E-state index contributed by atoms with van der Waals surface area (Å²) in [6.07, 6.45) is 4.73. The molecule has 0 fully saturated rings. The van der Waals surface area contributed by atoms with E-state index in [0.717, 1.165) is 16.9 Å². The third-order valence-corrected chi connectivity index (χ3v) is 3.73. The Labute approximate surface area is 146 Å². The average Bonchev–Trinajstić information content (AvgIpc) is 2.69. The van der Waals surface area contributed by atoms with Crippen molar-refractivity contribution in [1.82, 2.24) is 10.4 Å². The molecule has 1 N–H and O–H groups in total. The van der Waals surface area contributed by atoms with Crippen molar-refractivity contribution in [2.24, 2.45) is 5.10 Å². The van der Waals surface area contributed by atoms with Crippen LogP contribution in [0.3, 0.4) is 0 Å². The molecule has 3 rings (SSSR count).